The highest BCUT2D eigenvalue weighted by molar-refractivity contribution is 6.01. The minimum atomic E-state index is -0.855. The summed E-state index contributed by atoms with van der Waals surface area (Å²) >= 11 is 0. The molecule has 0 atom stereocenters. The summed E-state index contributed by atoms with van der Waals surface area (Å²) in [4.78, 5) is 23.2. The molecule has 1 aliphatic rings. The Morgan fingerprint density at radius 2 is 2.22 bits per heavy atom. The zero-order valence-corrected chi connectivity index (χ0v) is 10.1. The highest BCUT2D eigenvalue weighted by Crippen LogP contribution is 2.32. The summed E-state index contributed by atoms with van der Waals surface area (Å²) in [6.45, 7) is 0. The Bertz CT molecular complexity index is 513. The summed E-state index contributed by atoms with van der Waals surface area (Å²) in [6, 6.07) is 3.18. The van der Waals surface area contributed by atoms with Crippen molar-refractivity contribution < 1.29 is 19.1 Å². The Kier molecular flexibility index (Phi) is 3.32. The molecule has 1 aliphatic heterocycles. The number of amides is 1. The fraction of sp³-hybridized carbons (Fsp3) is 0.385. The topological polar surface area (TPSA) is 57.6 Å². The van der Waals surface area contributed by atoms with E-state index in [9.17, 15) is 14.0 Å². The van der Waals surface area contributed by atoms with Crippen LogP contribution in [0, 0.1) is 5.82 Å². The van der Waals surface area contributed by atoms with Crippen LogP contribution in [0.2, 0.25) is 0 Å². The molecule has 0 radical (unpaired) electrons. The Hall–Kier alpha value is -1.91. The molecule has 1 aromatic rings. The van der Waals surface area contributed by atoms with E-state index in [1.807, 2.05) is 0 Å². The van der Waals surface area contributed by atoms with Gasteiger partial charge >= 0.3 is 5.97 Å². The lowest BCUT2D eigenvalue weighted by Crippen LogP contribution is -2.21. The van der Waals surface area contributed by atoms with Crippen molar-refractivity contribution >= 4 is 17.6 Å². The van der Waals surface area contributed by atoms with Crippen molar-refractivity contribution in [2.45, 2.75) is 25.7 Å². The van der Waals surface area contributed by atoms with Gasteiger partial charge in [-0.25, -0.2) is 4.39 Å². The van der Waals surface area contributed by atoms with Gasteiger partial charge in [-0.3, -0.25) is 9.59 Å². The Balaban J connectivity index is 2.17. The number of hydrogen-bond donors (Lipinski definition) is 1. The molecule has 4 nitrogen and oxygen atoms in total. The van der Waals surface area contributed by atoms with Crippen molar-refractivity contribution in [3.8, 4) is 0 Å². The Morgan fingerprint density at radius 1 is 1.50 bits per heavy atom. The number of rotatable bonds is 4. The zero-order chi connectivity index (χ0) is 13.3. The van der Waals surface area contributed by atoms with Gasteiger partial charge in [0.25, 0.3) is 0 Å². The van der Waals surface area contributed by atoms with E-state index in [1.54, 1.807) is 13.1 Å². The first-order valence-corrected chi connectivity index (χ1v) is 5.78. The van der Waals surface area contributed by atoms with Gasteiger partial charge in [0.15, 0.2) is 0 Å². The average molecular weight is 251 g/mol. The molecule has 5 heteroatoms. The molecule has 0 spiro atoms. The van der Waals surface area contributed by atoms with Crippen molar-refractivity contribution in [2.24, 2.45) is 0 Å². The van der Waals surface area contributed by atoms with Gasteiger partial charge in [0.05, 0.1) is 12.1 Å². The third-order valence-corrected chi connectivity index (χ3v) is 3.11. The maximum absolute atomic E-state index is 13.9. The van der Waals surface area contributed by atoms with Crippen LogP contribution < -0.4 is 4.90 Å². The molecule has 1 aromatic carbocycles. The predicted octanol–water partition coefficient (Wildman–Crippen LogP) is 1.75. The van der Waals surface area contributed by atoms with Gasteiger partial charge in [0.1, 0.15) is 5.82 Å². The molecule has 18 heavy (non-hydrogen) atoms. The summed E-state index contributed by atoms with van der Waals surface area (Å²) in [5.74, 6) is -1.38. The second-order valence-electron chi connectivity index (χ2n) is 4.46. The molecular weight excluding hydrogens is 237 g/mol. The number of aryl methyl sites for hydroxylation is 1. The van der Waals surface area contributed by atoms with E-state index in [0.29, 0.717) is 24.1 Å². The molecule has 0 aliphatic carbocycles. The molecule has 0 saturated carbocycles. The first-order valence-electron chi connectivity index (χ1n) is 5.78. The highest BCUT2D eigenvalue weighted by Gasteiger charge is 2.27. The lowest BCUT2D eigenvalue weighted by molar-refractivity contribution is -0.137. The molecule has 1 N–H and O–H groups in total. The Labute approximate surface area is 104 Å². The van der Waals surface area contributed by atoms with Crippen LogP contribution in [0.25, 0.3) is 0 Å². The minimum absolute atomic E-state index is 0.0670. The third-order valence-electron chi connectivity index (χ3n) is 3.11. The standard InChI is InChI=1S/C13H14FNO3/c1-15-11(16)7-9-5-8(3-2-4-12(17)18)6-10(14)13(9)15/h5-6H,2-4,7H2,1H3,(H,17,18). The van der Waals surface area contributed by atoms with Crippen molar-refractivity contribution in [3.05, 3.63) is 29.1 Å². The lowest BCUT2D eigenvalue weighted by atomic mass is 10.0. The van der Waals surface area contributed by atoms with Crippen LogP contribution in [0.15, 0.2) is 12.1 Å². The summed E-state index contributed by atoms with van der Waals surface area (Å²) < 4.78 is 13.9. The van der Waals surface area contributed by atoms with E-state index in [1.165, 1.54) is 11.0 Å². The van der Waals surface area contributed by atoms with E-state index in [2.05, 4.69) is 0 Å². The van der Waals surface area contributed by atoms with Crippen LogP contribution in [-0.4, -0.2) is 24.0 Å². The Morgan fingerprint density at radius 3 is 2.89 bits per heavy atom. The summed E-state index contributed by atoms with van der Waals surface area (Å²) in [6.07, 6.45) is 1.26. The SMILES string of the molecule is CN1C(=O)Cc2cc(CCCC(=O)O)cc(F)c21. The average Bonchev–Trinajstić information content (AvgIpc) is 2.54. The fourth-order valence-corrected chi connectivity index (χ4v) is 2.22. The molecule has 0 saturated heterocycles. The quantitative estimate of drug-likeness (QED) is 0.887. The van der Waals surface area contributed by atoms with Crippen molar-refractivity contribution in [1.82, 2.24) is 0 Å². The molecule has 1 amide bonds. The number of fused-ring (bicyclic) bond motifs is 1. The second kappa shape index (κ2) is 4.76. The van der Waals surface area contributed by atoms with Crippen LogP contribution in [0.1, 0.15) is 24.0 Å². The second-order valence-corrected chi connectivity index (χ2v) is 4.46. The van der Waals surface area contributed by atoms with Gasteiger partial charge in [0.2, 0.25) is 5.91 Å². The van der Waals surface area contributed by atoms with Crippen LogP contribution in [0.5, 0.6) is 0 Å². The van der Waals surface area contributed by atoms with E-state index in [-0.39, 0.29) is 18.7 Å². The summed E-state index contributed by atoms with van der Waals surface area (Å²) in [5.41, 5.74) is 1.78. The largest absolute Gasteiger partial charge is 0.481 e. The number of carbonyl (C=O) groups excluding carboxylic acids is 1. The zero-order valence-electron chi connectivity index (χ0n) is 10.1. The minimum Gasteiger partial charge on any atom is -0.481 e. The number of aliphatic carboxylic acids is 1. The molecular formula is C13H14FNO3. The predicted molar refractivity (Wildman–Crippen MR) is 64.1 cm³/mol. The van der Waals surface area contributed by atoms with Gasteiger partial charge in [0, 0.05) is 13.5 Å². The number of halogens is 1. The molecule has 0 aromatic heterocycles. The van der Waals surface area contributed by atoms with Gasteiger partial charge in [-0.05, 0) is 30.0 Å². The van der Waals surface area contributed by atoms with Crippen molar-refractivity contribution in [3.63, 3.8) is 0 Å². The van der Waals surface area contributed by atoms with Crippen LogP contribution in [-0.2, 0) is 22.4 Å². The van der Waals surface area contributed by atoms with Gasteiger partial charge < -0.3 is 10.0 Å². The van der Waals surface area contributed by atoms with Gasteiger partial charge in [-0.1, -0.05) is 6.07 Å². The van der Waals surface area contributed by atoms with Crippen LogP contribution in [0.3, 0.4) is 0 Å². The van der Waals surface area contributed by atoms with Gasteiger partial charge in [-0.2, -0.15) is 0 Å². The molecule has 96 valence electrons. The van der Waals surface area contributed by atoms with Gasteiger partial charge in [-0.15, -0.1) is 0 Å². The number of carboxylic acid groups (broad SMARTS) is 1. The van der Waals surface area contributed by atoms with E-state index in [4.69, 9.17) is 5.11 Å². The number of nitrogens with zero attached hydrogens (tertiary/aromatic N) is 1. The van der Waals surface area contributed by atoms with Crippen molar-refractivity contribution in [1.29, 1.82) is 0 Å². The van der Waals surface area contributed by atoms with Crippen molar-refractivity contribution in [2.75, 3.05) is 11.9 Å². The molecule has 0 fully saturated rings. The maximum Gasteiger partial charge on any atom is 0.303 e. The van der Waals surface area contributed by atoms with E-state index in [0.717, 1.165) is 5.56 Å². The molecule has 2 rings (SSSR count). The van der Waals surface area contributed by atoms with Crippen LogP contribution in [0.4, 0.5) is 10.1 Å². The fourth-order valence-electron chi connectivity index (χ4n) is 2.22. The number of anilines is 1. The van der Waals surface area contributed by atoms with E-state index >= 15 is 0 Å². The number of carbonyl (C=O) groups is 2. The lowest BCUT2D eigenvalue weighted by Gasteiger charge is -2.12. The molecule has 1 heterocycles. The molecule has 0 bridgehead atoms. The maximum atomic E-state index is 13.9. The number of carboxylic acids is 1. The van der Waals surface area contributed by atoms with Crippen LogP contribution >= 0.6 is 0 Å². The first kappa shape index (κ1) is 12.5. The van der Waals surface area contributed by atoms with E-state index < -0.39 is 11.8 Å². The first-order chi connectivity index (χ1) is 8.49. The molecule has 0 unspecified atom stereocenters. The smallest absolute Gasteiger partial charge is 0.303 e. The monoisotopic (exact) mass is 251 g/mol. The number of hydrogen-bond acceptors (Lipinski definition) is 2. The number of benzene rings is 1. The summed E-state index contributed by atoms with van der Waals surface area (Å²) in [7, 11) is 1.56. The highest BCUT2D eigenvalue weighted by atomic mass is 19.1. The summed E-state index contributed by atoms with van der Waals surface area (Å²) in [5, 5.41) is 8.55. The third kappa shape index (κ3) is 2.34. The normalized spacial score (nSPS) is 13.9. The number of likely N-dealkylation sites (N-methyl/N-ethyl adjacent to an activating group) is 1.